The van der Waals surface area contributed by atoms with Crippen molar-refractivity contribution in [3.05, 3.63) is 61.7 Å². The lowest BCUT2D eigenvalue weighted by atomic mass is 10.1. The summed E-state index contributed by atoms with van der Waals surface area (Å²) < 4.78 is 5.13. The number of hydrogen-bond donors (Lipinski definition) is 3. The molecule has 0 atom stereocenters. The summed E-state index contributed by atoms with van der Waals surface area (Å²) in [5.41, 5.74) is 0.101. The topological polar surface area (TPSA) is 117 Å². The molecule has 128 valence electrons. The van der Waals surface area contributed by atoms with Gasteiger partial charge < -0.3 is 9.72 Å². The average molecular weight is 358 g/mol. The Kier molecular flexibility index (Phi) is 4.48. The molecule has 0 aliphatic carbocycles. The number of ether oxygens (including phenoxy) is 1. The first-order valence-electron chi connectivity index (χ1n) is 7.23. The third-order valence-electron chi connectivity index (χ3n) is 3.39. The molecule has 0 fully saturated rings. The van der Waals surface area contributed by atoms with E-state index in [1.54, 1.807) is 7.11 Å². The largest absolute Gasteiger partial charge is 0.497 e. The van der Waals surface area contributed by atoms with E-state index in [4.69, 9.17) is 4.74 Å². The van der Waals surface area contributed by atoms with E-state index in [2.05, 4.69) is 15.3 Å². The van der Waals surface area contributed by atoms with Crippen LogP contribution in [0.3, 0.4) is 0 Å². The molecular weight excluding hydrogens is 344 g/mol. The Hall–Kier alpha value is -3.20. The van der Waals surface area contributed by atoms with Gasteiger partial charge in [0.1, 0.15) is 11.4 Å². The van der Waals surface area contributed by atoms with Crippen molar-refractivity contribution in [3.63, 3.8) is 0 Å². The van der Waals surface area contributed by atoms with Crippen molar-refractivity contribution in [2.75, 3.05) is 12.4 Å². The number of aryl methyl sites for hydroxylation is 1. The molecule has 0 unspecified atom stereocenters. The number of benzene rings is 1. The summed E-state index contributed by atoms with van der Waals surface area (Å²) in [6, 6.07) is 8.42. The zero-order valence-electron chi connectivity index (χ0n) is 13.4. The normalized spacial score (nSPS) is 10.5. The second-order valence-corrected chi connectivity index (χ2v) is 6.31. The van der Waals surface area contributed by atoms with E-state index in [0.29, 0.717) is 5.13 Å². The number of nitrogens with one attached hydrogen (secondary N) is 3. The molecule has 0 saturated carbocycles. The van der Waals surface area contributed by atoms with Gasteiger partial charge in [-0.2, -0.15) is 0 Å². The molecule has 25 heavy (non-hydrogen) atoms. The van der Waals surface area contributed by atoms with Gasteiger partial charge in [-0.1, -0.05) is 0 Å². The first-order chi connectivity index (χ1) is 12.0. The quantitative estimate of drug-likeness (QED) is 0.657. The van der Waals surface area contributed by atoms with Crippen molar-refractivity contribution >= 4 is 22.4 Å². The zero-order valence-corrected chi connectivity index (χ0v) is 14.2. The molecule has 9 heteroatoms. The number of hydrogen-bond acceptors (Lipinski definition) is 6. The van der Waals surface area contributed by atoms with Gasteiger partial charge in [-0.15, -0.1) is 11.3 Å². The van der Waals surface area contributed by atoms with Gasteiger partial charge in [-0.25, -0.2) is 9.78 Å². The number of carbonyl (C=O) groups is 1. The molecule has 2 aromatic heterocycles. The van der Waals surface area contributed by atoms with Gasteiger partial charge >= 0.3 is 5.69 Å². The average Bonchev–Trinajstić information content (AvgIpc) is 2.94. The van der Waals surface area contributed by atoms with Crippen LogP contribution in [-0.2, 0) is 0 Å². The third kappa shape index (κ3) is 3.66. The van der Waals surface area contributed by atoms with E-state index in [9.17, 15) is 14.4 Å². The highest BCUT2D eigenvalue weighted by Gasteiger charge is 2.14. The second-order valence-electron chi connectivity index (χ2n) is 5.11. The molecule has 0 saturated heterocycles. The van der Waals surface area contributed by atoms with Crippen LogP contribution in [0.2, 0.25) is 0 Å². The minimum Gasteiger partial charge on any atom is -0.497 e. The number of nitrogens with zero attached hydrogens (tertiary/aromatic N) is 1. The fourth-order valence-corrected chi connectivity index (χ4v) is 3.05. The van der Waals surface area contributed by atoms with E-state index in [-0.39, 0.29) is 5.69 Å². The summed E-state index contributed by atoms with van der Waals surface area (Å²) in [5.74, 6) is 0.127. The highest BCUT2D eigenvalue weighted by molar-refractivity contribution is 7.16. The van der Waals surface area contributed by atoms with Gasteiger partial charge in [0.25, 0.3) is 11.5 Å². The molecule has 3 rings (SSSR count). The summed E-state index contributed by atoms with van der Waals surface area (Å²) in [5, 5.41) is 2.96. The first kappa shape index (κ1) is 16.7. The summed E-state index contributed by atoms with van der Waals surface area (Å²) in [7, 11) is 1.59. The Morgan fingerprint density at radius 2 is 1.92 bits per heavy atom. The number of aromatic amines is 2. The van der Waals surface area contributed by atoms with Crippen molar-refractivity contribution < 1.29 is 9.53 Å². The summed E-state index contributed by atoms with van der Waals surface area (Å²) >= 11 is 1.30. The number of anilines is 1. The molecule has 0 aliphatic heterocycles. The Bertz CT molecular complexity index is 1010. The van der Waals surface area contributed by atoms with Crippen LogP contribution in [0.15, 0.2) is 39.9 Å². The highest BCUT2D eigenvalue weighted by atomic mass is 32.1. The minimum atomic E-state index is -0.744. The van der Waals surface area contributed by atoms with Crippen LogP contribution in [0.25, 0.3) is 11.3 Å². The number of carbonyl (C=O) groups excluding carboxylic acids is 1. The van der Waals surface area contributed by atoms with Crippen molar-refractivity contribution in [1.29, 1.82) is 0 Å². The fourth-order valence-electron chi connectivity index (χ4n) is 2.22. The lowest BCUT2D eigenvalue weighted by Crippen LogP contribution is -2.27. The van der Waals surface area contributed by atoms with Crippen LogP contribution in [0.4, 0.5) is 5.13 Å². The SMILES string of the molecule is COc1ccc(-c2nc(NC(=O)c3cc(=O)[nH]c(=O)[nH]3)sc2C)cc1. The molecule has 3 aromatic rings. The van der Waals surface area contributed by atoms with Gasteiger partial charge in [-0.05, 0) is 31.2 Å². The molecule has 0 aliphatic rings. The number of methoxy groups -OCH3 is 1. The summed E-state index contributed by atoms with van der Waals surface area (Å²) in [4.78, 5) is 44.3. The molecule has 0 bridgehead atoms. The van der Waals surface area contributed by atoms with Crippen molar-refractivity contribution in [2.45, 2.75) is 6.92 Å². The van der Waals surface area contributed by atoms with Gasteiger partial charge in [0.05, 0.1) is 12.8 Å². The number of rotatable bonds is 4. The number of aromatic nitrogens is 3. The Labute approximate surface area is 145 Å². The maximum atomic E-state index is 12.2. The molecule has 8 nitrogen and oxygen atoms in total. The van der Waals surface area contributed by atoms with Crippen molar-refractivity contribution in [2.24, 2.45) is 0 Å². The van der Waals surface area contributed by atoms with Gasteiger partial charge in [-0.3, -0.25) is 19.9 Å². The summed E-state index contributed by atoms with van der Waals surface area (Å²) in [6.45, 7) is 1.89. The Morgan fingerprint density at radius 3 is 2.56 bits per heavy atom. The molecule has 1 aromatic carbocycles. The molecule has 0 spiro atoms. The van der Waals surface area contributed by atoms with E-state index in [1.165, 1.54) is 11.3 Å². The van der Waals surface area contributed by atoms with Gasteiger partial charge in [0.2, 0.25) is 0 Å². The van der Waals surface area contributed by atoms with E-state index in [1.807, 2.05) is 36.2 Å². The van der Waals surface area contributed by atoms with Crippen LogP contribution in [0.1, 0.15) is 15.4 Å². The second kappa shape index (κ2) is 6.73. The van der Waals surface area contributed by atoms with E-state index >= 15 is 0 Å². The number of thiazole rings is 1. The Morgan fingerprint density at radius 1 is 1.20 bits per heavy atom. The predicted octanol–water partition coefficient (Wildman–Crippen LogP) is 1.76. The molecular formula is C16H14N4O4S. The lowest BCUT2D eigenvalue weighted by Gasteiger charge is -2.02. The highest BCUT2D eigenvalue weighted by Crippen LogP contribution is 2.31. The van der Waals surface area contributed by atoms with Crippen LogP contribution in [-0.4, -0.2) is 28.0 Å². The van der Waals surface area contributed by atoms with Crippen molar-refractivity contribution in [1.82, 2.24) is 15.0 Å². The van der Waals surface area contributed by atoms with Crippen molar-refractivity contribution in [3.8, 4) is 17.0 Å². The van der Waals surface area contributed by atoms with Crippen LogP contribution >= 0.6 is 11.3 Å². The van der Waals surface area contributed by atoms with E-state index in [0.717, 1.165) is 28.0 Å². The number of amides is 1. The number of H-pyrrole nitrogens is 2. The Balaban J connectivity index is 1.85. The molecule has 0 radical (unpaired) electrons. The first-order valence-corrected chi connectivity index (χ1v) is 8.05. The van der Waals surface area contributed by atoms with Gasteiger partial charge in [0, 0.05) is 16.5 Å². The summed E-state index contributed by atoms with van der Waals surface area (Å²) in [6.07, 6.45) is 0. The van der Waals surface area contributed by atoms with Crippen LogP contribution in [0.5, 0.6) is 5.75 Å². The monoisotopic (exact) mass is 358 g/mol. The van der Waals surface area contributed by atoms with E-state index < -0.39 is 17.2 Å². The third-order valence-corrected chi connectivity index (χ3v) is 4.27. The zero-order chi connectivity index (χ0) is 18.0. The molecule has 3 N–H and O–H groups in total. The van der Waals surface area contributed by atoms with Crippen LogP contribution in [0, 0.1) is 6.92 Å². The fraction of sp³-hybridized carbons (Fsp3) is 0.125. The minimum absolute atomic E-state index is 0.132. The standard InChI is InChI=1S/C16H14N4O4S/c1-8-13(9-3-5-10(24-2)6-4-9)19-16(25-8)20-14(22)11-7-12(21)18-15(23)17-11/h3-7H,1-2H3,(H,19,20,22)(H2,17,18,21,23). The lowest BCUT2D eigenvalue weighted by molar-refractivity contribution is 0.102. The maximum Gasteiger partial charge on any atom is 0.326 e. The molecule has 1 amide bonds. The van der Waals surface area contributed by atoms with Gasteiger partial charge in [0.15, 0.2) is 5.13 Å². The predicted molar refractivity (Wildman–Crippen MR) is 94.5 cm³/mol. The maximum absolute atomic E-state index is 12.2. The van der Waals surface area contributed by atoms with Crippen LogP contribution < -0.4 is 21.3 Å². The molecule has 2 heterocycles. The smallest absolute Gasteiger partial charge is 0.326 e.